The molecule has 2 aromatic rings. The highest BCUT2D eigenvalue weighted by atomic mass is 32.2. The molecule has 6 heteroatoms. The van der Waals surface area contributed by atoms with Crippen molar-refractivity contribution in [3.8, 4) is 0 Å². The van der Waals surface area contributed by atoms with E-state index in [1.807, 2.05) is 18.2 Å². The van der Waals surface area contributed by atoms with Crippen LogP contribution in [-0.2, 0) is 13.6 Å². The van der Waals surface area contributed by atoms with Crippen LogP contribution in [0.4, 0.5) is 5.69 Å². The summed E-state index contributed by atoms with van der Waals surface area (Å²) in [7, 11) is 1.76. The molecule has 1 heterocycles. The number of nitrogens with one attached hydrogen (secondary N) is 1. The first-order valence-corrected chi connectivity index (χ1v) is 6.12. The van der Waals surface area contributed by atoms with E-state index in [1.165, 1.54) is 9.69 Å². The van der Waals surface area contributed by atoms with E-state index in [9.17, 15) is 0 Å². The Morgan fingerprint density at radius 1 is 1.38 bits per heavy atom. The predicted octanol–water partition coefficient (Wildman–Crippen LogP) is 1.54. The highest BCUT2D eigenvalue weighted by Gasteiger charge is 2.02. The van der Waals surface area contributed by atoms with Gasteiger partial charge in [0.05, 0.1) is 13.6 Å². The van der Waals surface area contributed by atoms with Gasteiger partial charge in [0.25, 0.3) is 0 Å². The van der Waals surface area contributed by atoms with E-state index in [0.29, 0.717) is 12.4 Å². The van der Waals surface area contributed by atoms with Gasteiger partial charge in [-0.3, -0.25) is 0 Å². The molecule has 0 aliphatic heterocycles. The third-order valence-corrected chi connectivity index (χ3v) is 2.89. The summed E-state index contributed by atoms with van der Waals surface area (Å²) in [5.41, 5.74) is 1.10. The molecule has 16 heavy (non-hydrogen) atoms. The highest BCUT2D eigenvalue weighted by molar-refractivity contribution is 7.98. The minimum atomic E-state index is 0.589. The average Bonchev–Trinajstić information content (AvgIpc) is 2.73. The minimum Gasteiger partial charge on any atom is -0.377 e. The number of aromatic nitrogens is 4. The van der Waals surface area contributed by atoms with Crippen LogP contribution in [0.1, 0.15) is 5.82 Å². The molecule has 0 aliphatic carbocycles. The Balaban J connectivity index is 2.04. The number of rotatable bonds is 4. The summed E-state index contributed by atoms with van der Waals surface area (Å²) < 4.78 is 0. The standard InChI is InChI=1S/C10H13N5S/c1-15-13-10(12-14-15)7-11-8-5-3-4-6-9(8)16-2/h3-6,11H,7H2,1-2H3. The summed E-state index contributed by atoms with van der Waals surface area (Å²) in [5, 5.41) is 15.1. The number of anilines is 1. The fourth-order valence-corrected chi connectivity index (χ4v) is 1.93. The molecule has 1 N–H and O–H groups in total. The number of thioether (sulfide) groups is 1. The minimum absolute atomic E-state index is 0.589. The van der Waals surface area contributed by atoms with Gasteiger partial charge in [0.1, 0.15) is 0 Å². The van der Waals surface area contributed by atoms with Gasteiger partial charge < -0.3 is 5.32 Å². The summed E-state index contributed by atoms with van der Waals surface area (Å²) in [6.45, 7) is 0.589. The molecule has 5 nitrogen and oxygen atoms in total. The van der Waals surface area contributed by atoms with E-state index in [-0.39, 0.29) is 0 Å². The second kappa shape index (κ2) is 4.98. The number of hydrogen-bond acceptors (Lipinski definition) is 5. The first kappa shape index (κ1) is 10.9. The quantitative estimate of drug-likeness (QED) is 0.815. The fourth-order valence-electron chi connectivity index (χ4n) is 1.36. The topological polar surface area (TPSA) is 55.6 Å². The monoisotopic (exact) mass is 235 g/mol. The molecule has 0 saturated heterocycles. The zero-order valence-corrected chi connectivity index (χ0v) is 10.0. The number of aryl methyl sites for hydroxylation is 1. The SMILES string of the molecule is CSc1ccccc1NCc1nnn(C)n1. The Bertz CT molecular complexity index is 468. The van der Waals surface area contributed by atoms with Crippen LogP contribution >= 0.6 is 11.8 Å². The normalized spacial score (nSPS) is 10.4. The summed E-state index contributed by atoms with van der Waals surface area (Å²) in [4.78, 5) is 2.67. The molecule has 0 atom stereocenters. The van der Waals surface area contributed by atoms with E-state index in [0.717, 1.165) is 5.69 Å². The zero-order chi connectivity index (χ0) is 11.4. The van der Waals surface area contributed by atoms with Crippen molar-refractivity contribution in [3.05, 3.63) is 30.1 Å². The molecule has 84 valence electrons. The molecule has 0 aliphatic rings. The highest BCUT2D eigenvalue weighted by Crippen LogP contribution is 2.24. The van der Waals surface area contributed by atoms with Crippen LogP contribution in [0, 0.1) is 0 Å². The van der Waals surface area contributed by atoms with Crippen molar-refractivity contribution in [3.63, 3.8) is 0 Å². The Morgan fingerprint density at radius 2 is 2.19 bits per heavy atom. The van der Waals surface area contributed by atoms with E-state index >= 15 is 0 Å². The van der Waals surface area contributed by atoms with Crippen LogP contribution < -0.4 is 5.32 Å². The molecular formula is C10H13N5S. The average molecular weight is 235 g/mol. The van der Waals surface area contributed by atoms with Crippen LogP contribution in [0.15, 0.2) is 29.2 Å². The van der Waals surface area contributed by atoms with Crippen molar-refractivity contribution in [2.45, 2.75) is 11.4 Å². The molecule has 2 rings (SSSR count). The van der Waals surface area contributed by atoms with E-state index in [1.54, 1.807) is 18.8 Å². The van der Waals surface area contributed by atoms with Crippen molar-refractivity contribution < 1.29 is 0 Å². The lowest BCUT2D eigenvalue weighted by Crippen LogP contribution is -2.03. The Labute approximate surface area is 98.2 Å². The molecule has 0 saturated carbocycles. The number of nitrogens with zero attached hydrogens (tertiary/aromatic N) is 4. The Kier molecular flexibility index (Phi) is 3.40. The molecule has 0 fully saturated rings. The van der Waals surface area contributed by atoms with Gasteiger partial charge in [0, 0.05) is 10.6 Å². The molecule has 1 aromatic heterocycles. The summed E-state index contributed by atoms with van der Waals surface area (Å²) >= 11 is 1.71. The maximum Gasteiger partial charge on any atom is 0.193 e. The lowest BCUT2D eigenvalue weighted by atomic mass is 10.3. The van der Waals surface area contributed by atoms with Gasteiger partial charge in [-0.05, 0) is 23.6 Å². The van der Waals surface area contributed by atoms with Gasteiger partial charge in [-0.2, -0.15) is 4.80 Å². The van der Waals surface area contributed by atoms with Gasteiger partial charge >= 0.3 is 0 Å². The number of benzene rings is 1. The van der Waals surface area contributed by atoms with Gasteiger partial charge in [0.2, 0.25) is 0 Å². The third-order valence-electron chi connectivity index (χ3n) is 2.09. The second-order valence-electron chi connectivity index (χ2n) is 3.25. The fraction of sp³-hybridized carbons (Fsp3) is 0.300. The van der Waals surface area contributed by atoms with Crippen molar-refractivity contribution in [1.82, 2.24) is 20.2 Å². The third kappa shape index (κ3) is 2.52. The smallest absolute Gasteiger partial charge is 0.193 e. The van der Waals surface area contributed by atoms with E-state index in [4.69, 9.17) is 0 Å². The first-order valence-electron chi connectivity index (χ1n) is 4.89. The maximum absolute atomic E-state index is 4.11. The molecular weight excluding hydrogens is 222 g/mol. The molecule has 0 radical (unpaired) electrons. The van der Waals surface area contributed by atoms with Crippen LogP contribution in [0.5, 0.6) is 0 Å². The van der Waals surface area contributed by atoms with Crippen molar-refractivity contribution in [2.24, 2.45) is 7.05 Å². The van der Waals surface area contributed by atoms with Crippen LogP contribution in [-0.4, -0.2) is 26.5 Å². The van der Waals surface area contributed by atoms with Gasteiger partial charge in [-0.25, -0.2) is 0 Å². The molecule has 0 amide bonds. The molecule has 0 unspecified atom stereocenters. The van der Waals surface area contributed by atoms with Crippen LogP contribution in [0.25, 0.3) is 0 Å². The number of hydrogen-bond donors (Lipinski definition) is 1. The van der Waals surface area contributed by atoms with Gasteiger partial charge in [-0.15, -0.1) is 22.0 Å². The summed E-state index contributed by atoms with van der Waals surface area (Å²) in [6, 6.07) is 8.16. The largest absolute Gasteiger partial charge is 0.377 e. The van der Waals surface area contributed by atoms with E-state index in [2.05, 4.69) is 33.0 Å². The molecule has 1 aromatic carbocycles. The Hall–Kier alpha value is -1.56. The van der Waals surface area contributed by atoms with Crippen molar-refractivity contribution in [2.75, 3.05) is 11.6 Å². The lowest BCUT2D eigenvalue weighted by Gasteiger charge is -2.07. The first-order chi connectivity index (χ1) is 7.79. The lowest BCUT2D eigenvalue weighted by molar-refractivity contribution is 0.628. The van der Waals surface area contributed by atoms with Crippen LogP contribution in [0.2, 0.25) is 0 Å². The zero-order valence-electron chi connectivity index (χ0n) is 9.21. The second-order valence-corrected chi connectivity index (χ2v) is 4.10. The summed E-state index contributed by atoms with van der Waals surface area (Å²) in [6.07, 6.45) is 2.06. The molecule has 0 bridgehead atoms. The van der Waals surface area contributed by atoms with Crippen LogP contribution in [0.3, 0.4) is 0 Å². The maximum atomic E-state index is 4.11. The Morgan fingerprint density at radius 3 is 2.88 bits per heavy atom. The summed E-state index contributed by atoms with van der Waals surface area (Å²) in [5.74, 6) is 0.693. The van der Waals surface area contributed by atoms with Crippen molar-refractivity contribution in [1.29, 1.82) is 0 Å². The van der Waals surface area contributed by atoms with Gasteiger partial charge in [0.15, 0.2) is 5.82 Å². The van der Waals surface area contributed by atoms with Crippen molar-refractivity contribution >= 4 is 17.4 Å². The van der Waals surface area contributed by atoms with Gasteiger partial charge in [-0.1, -0.05) is 12.1 Å². The van der Waals surface area contributed by atoms with E-state index < -0.39 is 0 Å². The number of tetrazole rings is 1. The molecule has 0 spiro atoms. The number of para-hydroxylation sites is 1. The predicted molar refractivity (Wildman–Crippen MR) is 64.3 cm³/mol.